The number of rotatable bonds is 13. The Labute approximate surface area is 151 Å². The third-order valence-electron chi connectivity index (χ3n) is 3.85. The van der Waals surface area contributed by atoms with Crippen molar-refractivity contribution in [2.24, 2.45) is 5.92 Å². The third-order valence-corrected chi connectivity index (χ3v) is 5.39. The number of nitrogens with one attached hydrogen (secondary N) is 1. The smallest absolute Gasteiger partial charge is 0.212 e. The molecule has 7 heteroatoms. The molecule has 0 aliphatic heterocycles. The number of hydrogen-bond donors (Lipinski definition) is 1. The summed E-state index contributed by atoms with van der Waals surface area (Å²) in [7, 11) is -1.84. The van der Waals surface area contributed by atoms with Gasteiger partial charge in [0.25, 0.3) is 0 Å². The first-order valence-corrected chi connectivity index (χ1v) is 10.3. The Morgan fingerprint density at radius 3 is 2.68 bits per heavy atom. The zero-order chi connectivity index (χ0) is 18.7. The van der Waals surface area contributed by atoms with Gasteiger partial charge in [-0.2, -0.15) is 0 Å². The van der Waals surface area contributed by atoms with Crippen LogP contribution in [0.1, 0.15) is 45.2 Å². The lowest BCUT2D eigenvalue weighted by atomic mass is 10.1. The van der Waals surface area contributed by atoms with Gasteiger partial charge in [0, 0.05) is 13.2 Å². The summed E-state index contributed by atoms with van der Waals surface area (Å²) in [5.41, 5.74) is 0.876. The minimum atomic E-state index is -3.37. The van der Waals surface area contributed by atoms with Crippen LogP contribution in [-0.2, 0) is 19.5 Å². The Morgan fingerprint density at radius 1 is 1.24 bits per heavy atom. The van der Waals surface area contributed by atoms with Gasteiger partial charge >= 0.3 is 0 Å². The van der Waals surface area contributed by atoms with Crippen LogP contribution in [0.2, 0.25) is 0 Å². The van der Waals surface area contributed by atoms with E-state index in [1.165, 1.54) is 7.11 Å². The van der Waals surface area contributed by atoms with Crippen LogP contribution in [0, 0.1) is 5.92 Å². The van der Waals surface area contributed by atoms with Crippen LogP contribution in [0.3, 0.4) is 0 Å². The molecule has 25 heavy (non-hydrogen) atoms. The standard InChI is InChI=1S/C18H31NO5S/c1-5-15(2)13-24-18-9-6-8-17(12-18)16(3)19-25(20,21)11-7-10-23-14-22-4/h6,8-9,12,15-16,19H,5,7,10-11,13-14H2,1-4H3/t15-,16+/m0/s1. The normalized spacial score (nSPS) is 14.2. The summed E-state index contributed by atoms with van der Waals surface area (Å²) in [6.07, 6.45) is 1.48. The van der Waals surface area contributed by atoms with Crippen molar-refractivity contribution in [1.29, 1.82) is 0 Å². The number of sulfonamides is 1. The van der Waals surface area contributed by atoms with Crippen molar-refractivity contribution in [3.05, 3.63) is 29.8 Å². The lowest BCUT2D eigenvalue weighted by Crippen LogP contribution is -2.29. The molecule has 1 aromatic rings. The van der Waals surface area contributed by atoms with Crippen molar-refractivity contribution in [1.82, 2.24) is 4.72 Å². The zero-order valence-corrected chi connectivity index (χ0v) is 16.5. The molecule has 6 nitrogen and oxygen atoms in total. The van der Waals surface area contributed by atoms with Crippen LogP contribution in [-0.4, -0.2) is 41.3 Å². The van der Waals surface area contributed by atoms with E-state index in [-0.39, 0.29) is 18.6 Å². The summed E-state index contributed by atoms with van der Waals surface area (Å²) >= 11 is 0. The van der Waals surface area contributed by atoms with E-state index < -0.39 is 10.0 Å². The lowest BCUT2D eigenvalue weighted by Gasteiger charge is -2.16. The molecule has 0 fully saturated rings. The van der Waals surface area contributed by atoms with E-state index in [4.69, 9.17) is 14.2 Å². The van der Waals surface area contributed by atoms with E-state index in [1.54, 1.807) is 0 Å². The van der Waals surface area contributed by atoms with E-state index in [2.05, 4.69) is 18.6 Å². The highest BCUT2D eigenvalue weighted by Crippen LogP contribution is 2.20. The second-order valence-electron chi connectivity index (χ2n) is 6.22. The third kappa shape index (κ3) is 9.21. The largest absolute Gasteiger partial charge is 0.493 e. The van der Waals surface area contributed by atoms with Crippen molar-refractivity contribution in [3.63, 3.8) is 0 Å². The van der Waals surface area contributed by atoms with Gasteiger partial charge in [-0.3, -0.25) is 0 Å². The van der Waals surface area contributed by atoms with E-state index in [0.29, 0.717) is 25.6 Å². The average Bonchev–Trinajstić information content (AvgIpc) is 2.59. The molecular weight excluding hydrogens is 342 g/mol. The number of hydrogen-bond acceptors (Lipinski definition) is 5. The molecule has 2 atom stereocenters. The maximum Gasteiger partial charge on any atom is 0.212 e. The van der Waals surface area contributed by atoms with Gasteiger partial charge < -0.3 is 14.2 Å². The van der Waals surface area contributed by atoms with Crippen molar-refractivity contribution >= 4 is 10.0 Å². The van der Waals surface area contributed by atoms with Gasteiger partial charge in [0.1, 0.15) is 12.5 Å². The van der Waals surface area contributed by atoms with Crippen molar-refractivity contribution in [2.45, 2.75) is 39.7 Å². The second kappa shape index (κ2) is 11.5. The SMILES string of the molecule is CC[C@H](C)COc1cccc([C@@H](C)NS(=O)(=O)CCCOCOC)c1. The fourth-order valence-electron chi connectivity index (χ4n) is 2.12. The number of ether oxygens (including phenoxy) is 3. The molecule has 0 aliphatic carbocycles. The highest BCUT2D eigenvalue weighted by molar-refractivity contribution is 7.89. The lowest BCUT2D eigenvalue weighted by molar-refractivity contribution is -0.0298. The maximum atomic E-state index is 12.2. The summed E-state index contributed by atoms with van der Waals surface area (Å²) in [5.74, 6) is 1.27. The highest BCUT2D eigenvalue weighted by Gasteiger charge is 2.16. The van der Waals surface area contributed by atoms with Gasteiger partial charge in [0.15, 0.2) is 0 Å². The van der Waals surface area contributed by atoms with Crippen LogP contribution in [0.25, 0.3) is 0 Å². The minimum Gasteiger partial charge on any atom is -0.493 e. The summed E-state index contributed by atoms with van der Waals surface area (Å²) in [5, 5.41) is 0. The molecule has 0 amide bonds. The van der Waals surface area contributed by atoms with Gasteiger partial charge in [-0.1, -0.05) is 32.4 Å². The second-order valence-corrected chi connectivity index (χ2v) is 8.10. The molecule has 0 aromatic heterocycles. The highest BCUT2D eigenvalue weighted by atomic mass is 32.2. The molecule has 1 N–H and O–H groups in total. The first kappa shape index (κ1) is 21.9. The van der Waals surface area contributed by atoms with E-state index in [0.717, 1.165) is 17.7 Å². The van der Waals surface area contributed by atoms with Gasteiger partial charge in [-0.15, -0.1) is 0 Å². The van der Waals surface area contributed by atoms with Gasteiger partial charge in [0.2, 0.25) is 10.0 Å². The van der Waals surface area contributed by atoms with Gasteiger partial charge in [-0.25, -0.2) is 13.1 Å². The van der Waals surface area contributed by atoms with Crippen LogP contribution in [0.4, 0.5) is 0 Å². The Bertz CT molecular complexity index is 591. The molecule has 144 valence electrons. The summed E-state index contributed by atoms with van der Waals surface area (Å²) in [4.78, 5) is 0. The molecule has 0 aliphatic rings. The predicted octanol–water partition coefficient (Wildman–Crippen LogP) is 3.10. The summed E-state index contributed by atoms with van der Waals surface area (Å²) < 4.78 is 42.6. The average molecular weight is 374 g/mol. The van der Waals surface area contributed by atoms with Crippen LogP contribution in [0.15, 0.2) is 24.3 Å². The first-order valence-electron chi connectivity index (χ1n) is 8.67. The van der Waals surface area contributed by atoms with E-state index in [9.17, 15) is 8.42 Å². The number of methoxy groups -OCH3 is 1. The Morgan fingerprint density at radius 2 is 2.00 bits per heavy atom. The van der Waals surface area contributed by atoms with Crippen LogP contribution >= 0.6 is 0 Å². The quantitative estimate of drug-likeness (QED) is 0.425. The minimum absolute atomic E-state index is 0.0191. The van der Waals surface area contributed by atoms with Crippen LogP contribution < -0.4 is 9.46 Å². The molecule has 0 unspecified atom stereocenters. The van der Waals surface area contributed by atoms with Crippen molar-refractivity contribution < 1.29 is 22.6 Å². The summed E-state index contributed by atoms with van der Waals surface area (Å²) in [6.45, 7) is 7.27. The molecule has 0 saturated heterocycles. The van der Waals surface area contributed by atoms with Crippen molar-refractivity contribution in [3.8, 4) is 5.75 Å². The number of benzene rings is 1. The molecule has 0 spiro atoms. The topological polar surface area (TPSA) is 73.9 Å². The molecule has 1 aromatic carbocycles. The Kier molecular flexibility index (Phi) is 10.0. The maximum absolute atomic E-state index is 12.2. The Balaban J connectivity index is 2.53. The van der Waals surface area contributed by atoms with Gasteiger partial charge in [0.05, 0.1) is 19.0 Å². The van der Waals surface area contributed by atoms with Crippen molar-refractivity contribution in [2.75, 3.05) is 32.9 Å². The zero-order valence-electron chi connectivity index (χ0n) is 15.7. The summed E-state index contributed by atoms with van der Waals surface area (Å²) in [6, 6.07) is 7.23. The van der Waals surface area contributed by atoms with E-state index >= 15 is 0 Å². The molecule has 0 saturated carbocycles. The Hall–Kier alpha value is -1.15. The fourth-order valence-corrected chi connectivity index (χ4v) is 3.41. The van der Waals surface area contributed by atoms with Gasteiger partial charge in [-0.05, 0) is 37.0 Å². The fraction of sp³-hybridized carbons (Fsp3) is 0.667. The van der Waals surface area contributed by atoms with E-state index in [1.807, 2.05) is 31.2 Å². The molecule has 1 rings (SSSR count). The van der Waals surface area contributed by atoms with Crippen LogP contribution in [0.5, 0.6) is 5.75 Å². The first-order chi connectivity index (χ1) is 11.9. The monoisotopic (exact) mass is 373 g/mol. The molecule has 0 bridgehead atoms. The molecule has 0 radical (unpaired) electrons. The predicted molar refractivity (Wildman–Crippen MR) is 99.2 cm³/mol. The molecule has 0 heterocycles. The molecular formula is C18H31NO5S.